The number of aromatic nitrogens is 3. The summed E-state index contributed by atoms with van der Waals surface area (Å²) >= 11 is 0. The lowest BCUT2D eigenvalue weighted by Gasteiger charge is -2.20. The Balaban J connectivity index is 1.69. The maximum atomic E-state index is 13.0. The summed E-state index contributed by atoms with van der Waals surface area (Å²) in [5.74, 6) is 0.908. The number of para-hydroxylation sites is 2. The minimum Gasteiger partial charge on any atom is -0.351 e. The molecule has 0 bridgehead atoms. The van der Waals surface area contributed by atoms with Crippen molar-refractivity contribution in [3.05, 3.63) is 66.1 Å². The summed E-state index contributed by atoms with van der Waals surface area (Å²) in [6.07, 6.45) is 1.97. The Bertz CT molecular complexity index is 1060. The molecule has 0 unspecified atom stereocenters. The van der Waals surface area contributed by atoms with Crippen LogP contribution in [0.4, 0.5) is 0 Å². The molecule has 0 aliphatic carbocycles. The van der Waals surface area contributed by atoms with Gasteiger partial charge in [-0.2, -0.15) is 0 Å². The van der Waals surface area contributed by atoms with Crippen LogP contribution in [0.2, 0.25) is 0 Å². The second-order valence-electron chi connectivity index (χ2n) is 7.00. The number of aryl methyl sites for hydroxylation is 1. The van der Waals surface area contributed by atoms with Gasteiger partial charge in [-0.1, -0.05) is 32.0 Å². The van der Waals surface area contributed by atoms with Crippen molar-refractivity contribution < 1.29 is 4.79 Å². The van der Waals surface area contributed by atoms with E-state index in [1.165, 1.54) is 0 Å². The fourth-order valence-corrected chi connectivity index (χ4v) is 3.39. The van der Waals surface area contributed by atoms with Crippen molar-refractivity contribution >= 4 is 27.8 Å². The molecule has 5 heteroatoms. The number of rotatable bonds is 4. The molecule has 2 heterocycles. The standard InChI is InChI=1S/C21H22N4O/c1-13(2)19(20-22-16-8-4-5-9-17(16)23-20)24-21(26)15-7-6-10-18-14(15)11-12-25(18)3/h4-13,19H,1-3H3,(H,22,23)(H,24,26)/t19-/m0/s1. The first-order valence-electron chi connectivity index (χ1n) is 8.84. The first kappa shape index (κ1) is 16.4. The molecule has 0 aliphatic rings. The second-order valence-corrected chi connectivity index (χ2v) is 7.00. The fourth-order valence-electron chi connectivity index (χ4n) is 3.39. The summed E-state index contributed by atoms with van der Waals surface area (Å²) in [5, 5.41) is 4.13. The van der Waals surface area contributed by atoms with E-state index in [9.17, 15) is 4.79 Å². The van der Waals surface area contributed by atoms with E-state index in [-0.39, 0.29) is 17.9 Å². The molecule has 132 valence electrons. The number of carbonyl (C=O) groups is 1. The molecule has 0 aliphatic heterocycles. The quantitative estimate of drug-likeness (QED) is 0.582. The zero-order valence-corrected chi connectivity index (χ0v) is 15.2. The van der Waals surface area contributed by atoms with Gasteiger partial charge in [-0.25, -0.2) is 4.98 Å². The summed E-state index contributed by atoms with van der Waals surface area (Å²) in [6.45, 7) is 4.17. The van der Waals surface area contributed by atoms with Gasteiger partial charge in [-0.15, -0.1) is 0 Å². The van der Waals surface area contributed by atoms with Crippen LogP contribution in [-0.2, 0) is 7.05 Å². The lowest BCUT2D eigenvalue weighted by Crippen LogP contribution is -2.32. The molecule has 4 rings (SSSR count). The third kappa shape index (κ3) is 2.75. The highest BCUT2D eigenvalue weighted by Crippen LogP contribution is 2.24. The number of nitrogens with zero attached hydrogens (tertiary/aromatic N) is 2. The Labute approximate surface area is 152 Å². The maximum absolute atomic E-state index is 13.0. The highest BCUT2D eigenvalue weighted by Gasteiger charge is 2.23. The average molecular weight is 346 g/mol. The van der Waals surface area contributed by atoms with Crippen LogP contribution in [0.15, 0.2) is 54.7 Å². The Morgan fingerprint density at radius 1 is 1.12 bits per heavy atom. The van der Waals surface area contributed by atoms with Gasteiger partial charge in [0, 0.05) is 29.7 Å². The predicted molar refractivity (Wildman–Crippen MR) is 104 cm³/mol. The van der Waals surface area contributed by atoms with Crippen molar-refractivity contribution in [2.45, 2.75) is 19.9 Å². The number of imidazole rings is 1. The summed E-state index contributed by atoms with van der Waals surface area (Å²) < 4.78 is 2.02. The van der Waals surface area contributed by atoms with Gasteiger partial charge in [-0.3, -0.25) is 4.79 Å². The molecule has 0 saturated carbocycles. The topological polar surface area (TPSA) is 62.7 Å². The minimum absolute atomic E-state index is 0.0824. The van der Waals surface area contributed by atoms with E-state index in [1.807, 2.05) is 66.3 Å². The van der Waals surface area contributed by atoms with Crippen molar-refractivity contribution in [2.24, 2.45) is 13.0 Å². The molecular weight excluding hydrogens is 324 g/mol. The molecule has 2 N–H and O–H groups in total. The number of nitrogens with one attached hydrogen (secondary N) is 2. The molecule has 2 aromatic carbocycles. The molecule has 0 fully saturated rings. The molecule has 0 radical (unpaired) electrons. The van der Waals surface area contributed by atoms with Crippen LogP contribution in [0.25, 0.3) is 21.9 Å². The van der Waals surface area contributed by atoms with E-state index >= 15 is 0 Å². The van der Waals surface area contributed by atoms with Crippen molar-refractivity contribution in [3.8, 4) is 0 Å². The van der Waals surface area contributed by atoms with Crippen molar-refractivity contribution in [3.63, 3.8) is 0 Å². The van der Waals surface area contributed by atoms with Crippen LogP contribution in [-0.4, -0.2) is 20.4 Å². The molecule has 0 spiro atoms. The molecule has 2 aromatic heterocycles. The zero-order chi connectivity index (χ0) is 18.3. The van der Waals surface area contributed by atoms with Crippen molar-refractivity contribution in [1.29, 1.82) is 0 Å². The smallest absolute Gasteiger partial charge is 0.252 e. The summed E-state index contributed by atoms with van der Waals surface area (Å²) in [7, 11) is 1.98. The van der Waals surface area contributed by atoms with Gasteiger partial charge in [0.25, 0.3) is 5.91 Å². The molecule has 5 nitrogen and oxygen atoms in total. The third-order valence-corrected chi connectivity index (χ3v) is 4.83. The summed E-state index contributed by atoms with van der Waals surface area (Å²) in [4.78, 5) is 21.0. The van der Waals surface area contributed by atoms with Crippen LogP contribution < -0.4 is 5.32 Å². The van der Waals surface area contributed by atoms with E-state index < -0.39 is 0 Å². The molecule has 1 amide bonds. The van der Waals surface area contributed by atoms with Gasteiger partial charge >= 0.3 is 0 Å². The highest BCUT2D eigenvalue weighted by molar-refractivity contribution is 6.06. The summed E-state index contributed by atoms with van der Waals surface area (Å²) in [5.41, 5.74) is 3.62. The Morgan fingerprint density at radius 2 is 1.92 bits per heavy atom. The highest BCUT2D eigenvalue weighted by atomic mass is 16.1. The first-order valence-corrected chi connectivity index (χ1v) is 8.84. The lowest BCUT2D eigenvalue weighted by molar-refractivity contribution is 0.0925. The zero-order valence-electron chi connectivity index (χ0n) is 15.2. The predicted octanol–water partition coefficient (Wildman–Crippen LogP) is 4.18. The molecule has 4 aromatic rings. The van der Waals surface area contributed by atoms with Crippen LogP contribution in [0.5, 0.6) is 0 Å². The maximum Gasteiger partial charge on any atom is 0.252 e. The molecule has 0 saturated heterocycles. The number of amides is 1. The van der Waals surface area contributed by atoms with Gasteiger partial charge in [0.1, 0.15) is 5.82 Å². The number of fused-ring (bicyclic) bond motifs is 2. The third-order valence-electron chi connectivity index (χ3n) is 4.83. The number of benzene rings is 2. The van der Waals surface area contributed by atoms with Gasteiger partial charge in [0.2, 0.25) is 0 Å². The number of aromatic amines is 1. The number of H-pyrrole nitrogens is 1. The molecular formula is C21H22N4O. The van der Waals surface area contributed by atoms with Gasteiger partial charge in [0.15, 0.2) is 0 Å². The Morgan fingerprint density at radius 3 is 2.69 bits per heavy atom. The van der Waals surface area contributed by atoms with Gasteiger partial charge in [-0.05, 0) is 36.2 Å². The fraction of sp³-hybridized carbons (Fsp3) is 0.238. The summed E-state index contributed by atoms with van der Waals surface area (Å²) in [6, 6.07) is 15.5. The monoisotopic (exact) mass is 346 g/mol. The van der Waals surface area contributed by atoms with Gasteiger partial charge < -0.3 is 14.9 Å². The number of hydrogen-bond donors (Lipinski definition) is 2. The lowest BCUT2D eigenvalue weighted by atomic mass is 10.0. The Hall–Kier alpha value is -3.08. The van der Waals surface area contributed by atoms with Gasteiger partial charge in [0.05, 0.1) is 17.1 Å². The van der Waals surface area contributed by atoms with E-state index in [0.717, 1.165) is 27.8 Å². The largest absolute Gasteiger partial charge is 0.351 e. The molecule has 1 atom stereocenters. The van der Waals surface area contributed by atoms with Crippen LogP contribution >= 0.6 is 0 Å². The van der Waals surface area contributed by atoms with Crippen molar-refractivity contribution in [2.75, 3.05) is 0 Å². The van der Waals surface area contributed by atoms with Crippen LogP contribution in [0.1, 0.15) is 36.1 Å². The normalized spacial score (nSPS) is 12.8. The van der Waals surface area contributed by atoms with E-state index in [1.54, 1.807) is 0 Å². The molecule has 26 heavy (non-hydrogen) atoms. The minimum atomic E-state index is -0.186. The first-order chi connectivity index (χ1) is 12.5. The SMILES string of the molecule is CC(C)[C@H](NC(=O)c1cccc2c1ccn2C)c1nc2ccccc2[nH]1. The van der Waals surface area contributed by atoms with E-state index in [0.29, 0.717) is 5.56 Å². The van der Waals surface area contributed by atoms with Crippen LogP contribution in [0, 0.1) is 5.92 Å². The number of carbonyl (C=O) groups excluding carboxylic acids is 1. The Kier molecular flexibility index (Phi) is 3.99. The second kappa shape index (κ2) is 6.33. The van der Waals surface area contributed by atoms with E-state index in [2.05, 4.69) is 29.1 Å². The van der Waals surface area contributed by atoms with Crippen LogP contribution in [0.3, 0.4) is 0 Å². The van der Waals surface area contributed by atoms with E-state index in [4.69, 9.17) is 0 Å². The van der Waals surface area contributed by atoms with Crippen molar-refractivity contribution in [1.82, 2.24) is 19.9 Å². The number of hydrogen-bond acceptors (Lipinski definition) is 2. The average Bonchev–Trinajstić information content (AvgIpc) is 3.22.